The van der Waals surface area contributed by atoms with Crippen molar-refractivity contribution in [2.45, 2.75) is 32.6 Å². The molecule has 3 N–H and O–H groups in total. The molecule has 0 bridgehead atoms. The van der Waals surface area contributed by atoms with Gasteiger partial charge in [-0.05, 0) is 44.4 Å². The van der Waals surface area contributed by atoms with Crippen molar-refractivity contribution < 1.29 is 24.2 Å². The Morgan fingerprint density at radius 2 is 2.00 bits per heavy atom. The number of unbranched alkanes of at least 4 members (excludes halogenated alkanes) is 2. The van der Waals surface area contributed by atoms with E-state index in [1.807, 2.05) is 0 Å². The zero-order valence-corrected chi connectivity index (χ0v) is 12.1. The van der Waals surface area contributed by atoms with E-state index in [1.165, 1.54) is 6.07 Å². The fraction of sp³-hybridized carbons (Fsp3) is 0.467. The zero-order chi connectivity index (χ0) is 15.7. The Morgan fingerprint density at radius 3 is 2.67 bits per heavy atom. The number of nitrogen functional groups attached to an aromatic ring is 1. The number of aromatic carboxylic acids is 1. The molecule has 0 amide bonds. The van der Waals surface area contributed by atoms with Crippen molar-refractivity contribution in [2.75, 3.05) is 18.9 Å². The second-order valence-electron chi connectivity index (χ2n) is 4.52. The summed E-state index contributed by atoms with van der Waals surface area (Å²) in [4.78, 5) is 22.2. The lowest BCUT2D eigenvalue weighted by Gasteiger charge is -2.09. The number of benzene rings is 1. The van der Waals surface area contributed by atoms with E-state index < -0.39 is 5.97 Å². The van der Waals surface area contributed by atoms with Gasteiger partial charge >= 0.3 is 11.9 Å². The molecule has 1 rings (SSSR count). The van der Waals surface area contributed by atoms with Gasteiger partial charge in [-0.2, -0.15) is 0 Å². The van der Waals surface area contributed by atoms with Crippen LogP contribution in [0.1, 0.15) is 43.0 Å². The zero-order valence-electron chi connectivity index (χ0n) is 12.1. The van der Waals surface area contributed by atoms with Crippen LogP contribution in [0.2, 0.25) is 0 Å². The second kappa shape index (κ2) is 8.84. The SMILES string of the molecule is CCOC(=O)CCCCCOc1ccc(N)cc1C(=O)O. The summed E-state index contributed by atoms with van der Waals surface area (Å²) in [7, 11) is 0. The molecule has 21 heavy (non-hydrogen) atoms. The number of ether oxygens (including phenoxy) is 2. The van der Waals surface area contributed by atoms with Crippen molar-refractivity contribution in [1.29, 1.82) is 0 Å². The van der Waals surface area contributed by atoms with Gasteiger partial charge in [0.2, 0.25) is 0 Å². The number of rotatable bonds is 9. The molecular formula is C15H21NO5. The van der Waals surface area contributed by atoms with E-state index in [-0.39, 0.29) is 11.5 Å². The molecule has 0 aromatic heterocycles. The lowest BCUT2D eigenvalue weighted by Crippen LogP contribution is -2.06. The Balaban J connectivity index is 2.30. The molecular weight excluding hydrogens is 274 g/mol. The Hall–Kier alpha value is -2.24. The summed E-state index contributed by atoms with van der Waals surface area (Å²) in [6, 6.07) is 4.53. The highest BCUT2D eigenvalue weighted by atomic mass is 16.5. The van der Waals surface area contributed by atoms with E-state index in [0.717, 1.165) is 19.3 Å². The van der Waals surface area contributed by atoms with Gasteiger partial charge in [-0.3, -0.25) is 4.79 Å². The molecule has 0 aliphatic heterocycles. The van der Waals surface area contributed by atoms with E-state index in [9.17, 15) is 9.59 Å². The molecule has 1 aromatic carbocycles. The van der Waals surface area contributed by atoms with Crippen molar-refractivity contribution >= 4 is 17.6 Å². The smallest absolute Gasteiger partial charge is 0.339 e. The van der Waals surface area contributed by atoms with Gasteiger partial charge in [-0.1, -0.05) is 0 Å². The summed E-state index contributed by atoms with van der Waals surface area (Å²) >= 11 is 0. The maximum atomic E-state index is 11.1. The van der Waals surface area contributed by atoms with Gasteiger partial charge in [-0.15, -0.1) is 0 Å². The molecule has 6 heteroatoms. The molecule has 0 aliphatic carbocycles. The monoisotopic (exact) mass is 295 g/mol. The van der Waals surface area contributed by atoms with Crippen LogP contribution in [-0.2, 0) is 9.53 Å². The van der Waals surface area contributed by atoms with E-state index in [0.29, 0.717) is 31.1 Å². The second-order valence-corrected chi connectivity index (χ2v) is 4.52. The summed E-state index contributed by atoms with van der Waals surface area (Å²) in [6.45, 7) is 2.57. The van der Waals surface area contributed by atoms with Crippen molar-refractivity contribution in [3.8, 4) is 5.75 Å². The minimum atomic E-state index is -1.07. The minimum Gasteiger partial charge on any atom is -0.493 e. The molecule has 116 valence electrons. The maximum Gasteiger partial charge on any atom is 0.339 e. The summed E-state index contributed by atoms with van der Waals surface area (Å²) in [6.07, 6.45) is 2.69. The first kappa shape index (κ1) is 16.8. The van der Waals surface area contributed by atoms with Gasteiger partial charge in [0.1, 0.15) is 11.3 Å². The Kier molecular flexibility index (Phi) is 7.08. The maximum absolute atomic E-state index is 11.1. The van der Waals surface area contributed by atoms with Crippen molar-refractivity contribution in [3.05, 3.63) is 23.8 Å². The van der Waals surface area contributed by atoms with Gasteiger partial charge in [0, 0.05) is 12.1 Å². The van der Waals surface area contributed by atoms with Crippen LogP contribution in [0.15, 0.2) is 18.2 Å². The van der Waals surface area contributed by atoms with Crippen LogP contribution >= 0.6 is 0 Å². The van der Waals surface area contributed by atoms with Crippen LogP contribution in [0.4, 0.5) is 5.69 Å². The number of hydrogen-bond acceptors (Lipinski definition) is 5. The lowest BCUT2D eigenvalue weighted by molar-refractivity contribution is -0.143. The van der Waals surface area contributed by atoms with Crippen LogP contribution < -0.4 is 10.5 Å². The van der Waals surface area contributed by atoms with Crippen molar-refractivity contribution in [1.82, 2.24) is 0 Å². The minimum absolute atomic E-state index is 0.0570. The van der Waals surface area contributed by atoms with Gasteiger partial charge in [0.05, 0.1) is 13.2 Å². The molecule has 6 nitrogen and oxygen atoms in total. The number of hydrogen-bond donors (Lipinski definition) is 2. The van der Waals surface area contributed by atoms with Crippen LogP contribution in [0, 0.1) is 0 Å². The number of esters is 1. The molecule has 0 fully saturated rings. The molecule has 0 atom stereocenters. The van der Waals surface area contributed by atoms with Crippen LogP contribution in [0.5, 0.6) is 5.75 Å². The summed E-state index contributed by atoms with van der Waals surface area (Å²) in [5.41, 5.74) is 5.99. The first-order valence-electron chi connectivity index (χ1n) is 6.95. The first-order chi connectivity index (χ1) is 10.0. The Morgan fingerprint density at radius 1 is 1.24 bits per heavy atom. The molecule has 0 unspecified atom stereocenters. The molecule has 0 heterocycles. The highest BCUT2D eigenvalue weighted by Gasteiger charge is 2.11. The Bertz CT molecular complexity index is 487. The van der Waals surface area contributed by atoms with E-state index in [1.54, 1.807) is 19.1 Å². The van der Waals surface area contributed by atoms with Crippen LogP contribution in [-0.4, -0.2) is 30.3 Å². The van der Waals surface area contributed by atoms with Gasteiger partial charge in [-0.25, -0.2) is 4.79 Å². The van der Waals surface area contributed by atoms with E-state index >= 15 is 0 Å². The number of carboxylic acid groups (broad SMARTS) is 1. The van der Waals surface area contributed by atoms with E-state index in [2.05, 4.69) is 0 Å². The van der Waals surface area contributed by atoms with E-state index in [4.69, 9.17) is 20.3 Å². The predicted molar refractivity (Wildman–Crippen MR) is 78.4 cm³/mol. The van der Waals surface area contributed by atoms with Gasteiger partial charge in [0.15, 0.2) is 0 Å². The summed E-state index contributed by atoms with van der Waals surface area (Å²) in [5, 5.41) is 9.06. The number of carboxylic acids is 1. The lowest BCUT2D eigenvalue weighted by atomic mass is 10.1. The molecule has 0 saturated heterocycles. The van der Waals surface area contributed by atoms with Gasteiger partial charge < -0.3 is 20.3 Å². The average molecular weight is 295 g/mol. The highest BCUT2D eigenvalue weighted by molar-refractivity contribution is 5.92. The third kappa shape index (κ3) is 6.16. The molecule has 0 aliphatic rings. The highest BCUT2D eigenvalue weighted by Crippen LogP contribution is 2.21. The predicted octanol–water partition coefficient (Wildman–Crippen LogP) is 2.47. The quantitative estimate of drug-likeness (QED) is 0.412. The summed E-state index contributed by atoms with van der Waals surface area (Å²) < 4.78 is 10.3. The average Bonchev–Trinajstić information content (AvgIpc) is 2.44. The Labute approximate surface area is 123 Å². The number of carbonyl (C=O) groups is 2. The molecule has 1 aromatic rings. The molecule has 0 spiro atoms. The summed E-state index contributed by atoms with van der Waals surface area (Å²) in [5.74, 6) is -0.952. The largest absolute Gasteiger partial charge is 0.493 e. The topological polar surface area (TPSA) is 98.9 Å². The number of anilines is 1. The number of carbonyl (C=O) groups excluding carboxylic acids is 1. The van der Waals surface area contributed by atoms with Crippen LogP contribution in [0.3, 0.4) is 0 Å². The standard InChI is InChI=1S/C15H21NO5/c1-2-20-14(17)6-4-3-5-9-21-13-8-7-11(16)10-12(13)15(18)19/h7-8,10H,2-6,9,16H2,1H3,(H,18,19). The number of nitrogens with two attached hydrogens (primary N) is 1. The third-order valence-electron chi connectivity index (χ3n) is 2.82. The van der Waals surface area contributed by atoms with Crippen LogP contribution in [0.25, 0.3) is 0 Å². The normalized spacial score (nSPS) is 10.1. The van der Waals surface area contributed by atoms with Crippen molar-refractivity contribution in [2.24, 2.45) is 0 Å². The third-order valence-corrected chi connectivity index (χ3v) is 2.82. The fourth-order valence-electron chi connectivity index (χ4n) is 1.80. The first-order valence-corrected chi connectivity index (χ1v) is 6.95. The molecule has 0 radical (unpaired) electrons. The molecule has 0 saturated carbocycles. The fourth-order valence-corrected chi connectivity index (χ4v) is 1.80. The van der Waals surface area contributed by atoms with Crippen molar-refractivity contribution in [3.63, 3.8) is 0 Å². The van der Waals surface area contributed by atoms with Gasteiger partial charge in [0.25, 0.3) is 0 Å².